The number of esters is 1. The highest BCUT2D eigenvalue weighted by atomic mass is 32.2. The van der Waals surface area contributed by atoms with Gasteiger partial charge in [-0.15, -0.1) is 0 Å². The number of benzene rings is 3. The molecule has 10 heterocycles. The van der Waals surface area contributed by atoms with Crippen LogP contribution in [0.1, 0.15) is 80.5 Å². The number of amides is 1. The van der Waals surface area contributed by atoms with Crippen molar-refractivity contribution in [3.8, 4) is 34.0 Å². The first-order valence-corrected chi connectivity index (χ1v) is 30.6. The summed E-state index contributed by atoms with van der Waals surface area (Å²) in [6.07, 6.45) is 20.5. The van der Waals surface area contributed by atoms with Crippen molar-refractivity contribution in [2.24, 2.45) is 18.9 Å². The van der Waals surface area contributed by atoms with Gasteiger partial charge in [0.1, 0.15) is 62.7 Å². The molecule has 0 spiro atoms. The number of nitrogen functional groups attached to an aromatic ring is 3. The molecule has 2 fully saturated rings. The molecule has 10 N–H and O–H groups in total. The molecule has 456 valence electrons. The van der Waals surface area contributed by atoms with Crippen molar-refractivity contribution < 1.29 is 28.6 Å². The van der Waals surface area contributed by atoms with Crippen LogP contribution in [0.3, 0.4) is 0 Å². The van der Waals surface area contributed by atoms with Gasteiger partial charge < -0.3 is 46.9 Å². The van der Waals surface area contributed by atoms with Crippen LogP contribution in [-0.2, 0) is 26.2 Å². The number of anilines is 4. The number of fused-ring (bicyclic) bond motifs is 6. The molecule has 24 heteroatoms. The second kappa shape index (κ2) is 24.5. The number of carbonyl (C=O) groups is 3. The molecule has 13 aromatic rings. The zero-order valence-corrected chi connectivity index (χ0v) is 50.3. The Kier molecular flexibility index (Phi) is 15.9. The summed E-state index contributed by atoms with van der Waals surface area (Å²) in [4.78, 5) is 73.9. The zero-order valence-electron chi connectivity index (χ0n) is 49.5. The number of aryl methyl sites for hydroxylation is 2. The molecule has 2 saturated carbocycles. The van der Waals surface area contributed by atoms with E-state index in [2.05, 4.69) is 62.8 Å². The van der Waals surface area contributed by atoms with Gasteiger partial charge in [-0.3, -0.25) is 32.6 Å². The molecule has 1 amide bonds. The van der Waals surface area contributed by atoms with Gasteiger partial charge >= 0.3 is 11.9 Å². The summed E-state index contributed by atoms with van der Waals surface area (Å²) in [5.41, 5.74) is 29.1. The third-order valence-electron chi connectivity index (χ3n) is 17.2. The molecule has 22 nitrogen and oxygen atoms in total. The highest BCUT2D eigenvalue weighted by Gasteiger charge is 2.33. The number of aromatic nitrogens is 13. The maximum atomic E-state index is 15.6. The number of aliphatic carboxylic acids is 1. The van der Waals surface area contributed by atoms with Crippen molar-refractivity contribution in [1.82, 2.24) is 62.6 Å². The molecular weight excluding hydrogens is 1160 g/mol. The van der Waals surface area contributed by atoms with Crippen molar-refractivity contribution >= 4 is 102 Å². The minimum atomic E-state index is -0.897. The van der Waals surface area contributed by atoms with Gasteiger partial charge in [-0.05, 0) is 107 Å². The molecule has 0 atom stereocenters. The topological polar surface area (TPSA) is 311 Å². The smallest absolute Gasteiger partial charge is 0.313 e. The molecule has 0 radical (unpaired) electrons. The number of rotatable bonds is 11. The first kappa shape index (κ1) is 58.4. The minimum absolute atomic E-state index is 0.0151. The predicted octanol–water partition coefficient (Wildman–Crippen LogP) is 11.8. The number of carbonyl (C=O) groups excluding carboxylic acids is 2. The quantitative estimate of drug-likeness (QED) is 0.0467. The summed E-state index contributed by atoms with van der Waals surface area (Å²) < 4.78 is 28.0. The fourth-order valence-electron chi connectivity index (χ4n) is 12.7. The number of nitrogens with two attached hydrogens (primary N) is 3. The van der Waals surface area contributed by atoms with Crippen LogP contribution >= 0.6 is 11.8 Å². The van der Waals surface area contributed by atoms with E-state index in [0.29, 0.717) is 56.1 Å². The molecule has 15 rings (SSSR count). The van der Waals surface area contributed by atoms with Gasteiger partial charge in [-0.25, -0.2) is 34.3 Å². The SMILES string of the molecule is COC(=O)C1CCC(c2nc(-c3ccc4ccn(C)c4c3F)c3c(N)nccn23)CC1.Cc1ccc(NC(=O)C2CCC(c3nc(-c4cc5ccccc5[nH]4)c4c(N)nccn34)CC2)cn1.Nc1nccn2c(SCC(=O)O)nc(-c3cc4ccccc4[nH]3)c12. The lowest BCUT2D eigenvalue weighted by atomic mass is 9.81. The average molecular weight is 1230 g/mol. The molecule has 90 heavy (non-hydrogen) atoms. The van der Waals surface area contributed by atoms with Crippen LogP contribution in [0.4, 0.5) is 27.5 Å². The first-order valence-electron chi connectivity index (χ1n) is 29.6. The first-order chi connectivity index (χ1) is 43.7. The molecule has 0 unspecified atom stereocenters. The lowest BCUT2D eigenvalue weighted by Crippen LogP contribution is -2.27. The third-order valence-corrected chi connectivity index (χ3v) is 18.1. The van der Waals surface area contributed by atoms with Gasteiger partial charge in [0, 0.05) is 107 Å². The van der Waals surface area contributed by atoms with E-state index in [1.807, 2.05) is 104 Å². The Morgan fingerprint density at radius 3 is 1.72 bits per heavy atom. The van der Waals surface area contributed by atoms with Crippen LogP contribution in [0, 0.1) is 24.6 Å². The van der Waals surface area contributed by atoms with E-state index < -0.39 is 5.97 Å². The lowest BCUT2D eigenvalue weighted by Gasteiger charge is -2.27. The number of pyridine rings is 1. The Bertz CT molecular complexity index is 4790. The van der Waals surface area contributed by atoms with Crippen molar-refractivity contribution in [2.45, 2.75) is 75.3 Å². The summed E-state index contributed by atoms with van der Waals surface area (Å²) in [5, 5.41) is 15.5. The summed E-state index contributed by atoms with van der Waals surface area (Å²) in [7, 11) is 3.25. The Balaban J connectivity index is 0.000000126. The lowest BCUT2D eigenvalue weighted by molar-refractivity contribution is -0.146. The number of para-hydroxylation sites is 2. The number of methoxy groups -OCH3 is 1. The molecular formula is C66H64FN17O5S. The number of carboxylic acid groups (broad SMARTS) is 1. The molecule has 0 saturated heterocycles. The third kappa shape index (κ3) is 11.2. The van der Waals surface area contributed by atoms with Crippen molar-refractivity contribution in [2.75, 3.05) is 35.4 Å². The van der Waals surface area contributed by atoms with Gasteiger partial charge in [0.2, 0.25) is 5.91 Å². The molecule has 3 aromatic carbocycles. The normalized spacial score (nSPS) is 16.7. The number of ether oxygens (including phenoxy) is 1. The van der Waals surface area contributed by atoms with Gasteiger partial charge in [-0.1, -0.05) is 54.2 Å². The fourth-order valence-corrected chi connectivity index (χ4v) is 13.4. The minimum Gasteiger partial charge on any atom is -0.481 e. The predicted molar refractivity (Wildman–Crippen MR) is 346 cm³/mol. The second-order valence-electron chi connectivity index (χ2n) is 22.8. The highest BCUT2D eigenvalue weighted by molar-refractivity contribution is 7.99. The van der Waals surface area contributed by atoms with Crippen molar-refractivity contribution in [1.29, 1.82) is 0 Å². The molecule has 2 aliphatic rings. The number of imidazole rings is 3. The Morgan fingerprint density at radius 1 is 0.633 bits per heavy atom. The Labute approximate surface area is 518 Å². The zero-order chi connectivity index (χ0) is 62.3. The van der Waals surface area contributed by atoms with Crippen molar-refractivity contribution in [3.05, 3.63) is 164 Å². The van der Waals surface area contributed by atoms with Crippen LogP contribution in [0.15, 0.2) is 146 Å². The van der Waals surface area contributed by atoms with Crippen LogP contribution in [0.2, 0.25) is 0 Å². The fraction of sp³-hybridized carbons (Fsp3) is 0.242. The highest BCUT2D eigenvalue weighted by Crippen LogP contribution is 2.42. The number of hydrogen-bond acceptors (Lipinski definition) is 15. The summed E-state index contributed by atoms with van der Waals surface area (Å²) in [6, 6.07) is 29.5. The molecule has 10 aromatic heterocycles. The number of hydrogen-bond donors (Lipinski definition) is 7. The van der Waals surface area contributed by atoms with Crippen LogP contribution < -0.4 is 22.5 Å². The maximum Gasteiger partial charge on any atom is 0.313 e. The van der Waals surface area contributed by atoms with E-state index in [1.54, 1.807) is 46.0 Å². The molecule has 0 bridgehead atoms. The number of carboxylic acids is 1. The number of H-pyrrole nitrogens is 2. The Hall–Kier alpha value is -10.6. The van der Waals surface area contributed by atoms with Gasteiger partial charge in [0.15, 0.2) is 11.0 Å². The van der Waals surface area contributed by atoms with E-state index in [0.717, 1.165) is 136 Å². The number of thioether (sulfide) groups is 1. The summed E-state index contributed by atoms with van der Waals surface area (Å²) in [5.74, 6) is 1.83. The summed E-state index contributed by atoms with van der Waals surface area (Å²) in [6.45, 7) is 1.93. The van der Waals surface area contributed by atoms with E-state index in [9.17, 15) is 14.4 Å². The van der Waals surface area contributed by atoms with Crippen LogP contribution in [0.5, 0.6) is 0 Å². The Morgan fingerprint density at radius 2 is 1.17 bits per heavy atom. The number of halogens is 1. The average Bonchev–Trinajstić information content (AvgIpc) is 1.63. The van der Waals surface area contributed by atoms with Crippen LogP contribution in [-0.4, -0.2) is 98.4 Å². The van der Waals surface area contributed by atoms with E-state index >= 15 is 4.39 Å². The van der Waals surface area contributed by atoms with Crippen LogP contribution in [0.25, 0.3) is 83.3 Å². The van der Waals surface area contributed by atoms with E-state index in [-0.39, 0.29) is 47.1 Å². The standard InChI is InChI=1S/C27H27N7O.C23H24FN5O2.C16H13N5O2S/c1-16-6-11-20(15-30-16)31-27(35)18-9-7-17(8-10-18)26-33-23(24-25(28)29-12-13-34(24)26)22-14-19-4-2-3-5-21(19)32-22;1-28-11-9-13-7-8-16(17(24)19(13)28)18-20-21(25)26-10-12-29(20)22(27-18)14-3-5-15(6-4-14)23(30)31-2;17-15-14-13(11-7-9-3-1-2-4-10(9)19-11)20-16(24-8-12(22)23)21(14)6-5-18-15/h2-6,11-15,17-18,32H,7-10H2,1H3,(H2,28,29)(H,31,35);7-12,14-15H,3-6H2,1-2H3,(H2,25,26);1-7,19H,8H2,(H2,17,18)(H,22,23). The number of aromatic amines is 2. The van der Waals surface area contributed by atoms with Gasteiger partial charge in [0.05, 0.1) is 47.6 Å². The van der Waals surface area contributed by atoms with E-state index in [4.69, 9.17) is 37.0 Å². The van der Waals surface area contributed by atoms with Gasteiger partial charge in [-0.2, -0.15) is 0 Å². The van der Waals surface area contributed by atoms with Crippen molar-refractivity contribution in [3.63, 3.8) is 0 Å². The van der Waals surface area contributed by atoms with Gasteiger partial charge in [0.25, 0.3) is 0 Å². The van der Waals surface area contributed by atoms with E-state index in [1.165, 1.54) is 7.11 Å². The largest absolute Gasteiger partial charge is 0.481 e. The number of nitrogens with one attached hydrogen (secondary N) is 3. The molecule has 0 aliphatic heterocycles. The number of nitrogens with zero attached hydrogens (tertiary/aromatic N) is 11. The summed E-state index contributed by atoms with van der Waals surface area (Å²) >= 11 is 1.14. The second-order valence-corrected chi connectivity index (χ2v) is 23.7. The molecule has 2 aliphatic carbocycles. The maximum absolute atomic E-state index is 15.6. The monoisotopic (exact) mass is 1230 g/mol.